The van der Waals surface area contributed by atoms with Crippen LogP contribution in [0.5, 0.6) is 0 Å². The Morgan fingerprint density at radius 3 is 2.50 bits per heavy atom. The van der Waals surface area contributed by atoms with E-state index in [0.717, 1.165) is 38.9 Å². The number of hydrogen-bond acceptors (Lipinski definition) is 4. The smallest absolute Gasteiger partial charge is 0.257 e. The third-order valence-corrected chi connectivity index (χ3v) is 6.10. The van der Waals surface area contributed by atoms with Crippen LogP contribution in [-0.2, 0) is 4.79 Å². The molecule has 1 aliphatic carbocycles. The molecule has 2 fully saturated rings. The molecule has 0 radical (unpaired) electrons. The molecule has 26 heavy (non-hydrogen) atoms. The summed E-state index contributed by atoms with van der Waals surface area (Å²) in [5.74, 6) is 1.46. The van der Waals surface area contributed by atoms with Crippen LogP contribution in [0.3, 0.4) is 0 Å². The van der Waals surface area contributed by atoms with Gasteiger partial charge in [0.1, 0.15) is 5.54 Å². The Morgan fingerprint density at radius 2 is 1.88 bits per heavy atom. The number of carbonyl (C=O) groups is 1. The maximum absolute atomic E-state index is 12.9. The van der Waals surface area contributed by atoms with Crippen LogP contribution in [0.1, 0.15) is 72.1 Å². The second-order valence-corrected chi connectivity index (χ2v) is 9.08. The first kappa shape index (κ1) is 19.2. The van der Waals surface area contributed by atoms with E-state index in [4.69, 9.17) is 5.73 Å². The lowest BCUT2D eigenvalue weighted by Crippen LogP contribution is -2.47. The van der Waals surface area contributed by atoms with Crippen molar-refractivity contribution in [3.05, 3.63) is 11.8 Å². The summed E-state index contributed by atoms with van der Waals surface area (Å²) in [6.07, 6.45) is 12.1. The largest absolute Gasteiger partial charge is 0.377 e. The van der Waals surface area contributed by atoms with Crippen molar-refractivity contribution in [1.82, 2.24) is 9.80 Å². The number of likely N-dealkylation sites (tertiary alicyclic amines) is 1. The van der Waals surface area contributed by atoms with E-state index in [1.54, 1.807) is 10.5 Å². The van der Waals surface area contributed by atoms with Crippen LogP contribution in [0.25, 0.3) is 0 Å². The molecule has 1 unspecified atom stereocenters. The maximum atomic E-state index is 12.9. The number of hydrogen-bond donors (Lipinski definition) is 1. The molecule has 0 aromatic rings. The topological polar surface area (TPSA) is 61.9 Å². The zero-order valence-corrected chi connectivity index (χ0v) is 16.8. The molecule has 0 spiro atoms. The van der Waals surface area contributed by atoms with Crippen molar-refractivity contribution in [3.8, 4) is 0 Å². The summed E-state index contributed by atoms with van der Waals surface area (Å²) in [5, 5.41) is 0. The molecule has 1 amide bonds. The van der Waals surface area contributed by atoms with Gasteiger partial charge in [-0.3, -0.25) is 9.69 Å². The first-order valence-electron chi connectivity index (χ1n) is 10.5. The van der Waals surface area contributed by atoms with E-state index in [0.29, 0.717) is 17.8 Å². The number of piperidine rings is 1. The molecule has 0 aromatic carbocycles. The minimum absolute atomic E-state index is 0.0930. The molecule has 5 heteroatoms. The summed E-state index contributed by atoms with van der Waals surface area (Å²) < 4.78 is 0. The summed E-state index contributed by atoms with van der Waals surface area (Å²) in [6, 6.07) is 0. The number of guanidine groups is 1. The molecule has 2 heterocycles. The Bertz CT molecular complexity index is 567. The number of carbonyl (C=O) groups excluding carboxylic acids is 1. The van der Waals surface area contributed by atoms with Crippen LogP contribution in [0, 0.1) is 11.8 Å². The van der Waals surface area contributed by atoms with E-state index < -0.39 is 5.54 Å². The van der Waals surface area contributed by atoms with Gasteiger partial charge in [0.2, 0.25) is 0 Å². The van der Waals surface area contributed by atoms with Crippen molar-refractivity contribution in [1.29, 1.82) is 0 Å². The van der Waals surface area contributed by atoms with Gasteiger partial charge in [-0.2, -0.15) is 0 Å². The van der Waals surface area contributed by atoms with Crippen molar-refractivity contribution in [2.45, 2.75) is 77.7 Å². The van der Waals surface area contributed by atoms with E-state index in [-0.39, 0.29) is 5.91 Å². The number of allylic oxidation sites excluding steroid dienone is 1. The van der Waals surface area contributed by atoms with Crippen LogP contribution in [0.2, 0.25) is 0 Å². The van der Waals surface area contributed by atoms with Gasteiger partial charge in [-0.15, -0.1) is 0 Å². The highest BCUT2D eigenvalue weighted by Gasteiger charge is 2.44. The highest BCUT2D eigenvalue weighted by molar-refractivity contribution is 6.06. The molecule has 1 atom stereocenters. The second kappa shape index (κ2) is 8.01. The molecule has 5 nitrogen and oxygen atoms in total. The fourth-order valence-electron chi connectivity index (χ4n) is 4.78. The molecule has 146 valence electrons. The first-order chi connectivity index (χ1) is 12.4. The molecule has 0 aromatic heterocycles. The van der Waals surface area contributed by atoms with Gasteiger partial charge in [0, 0.05) is 19.6 Å². The van der Waals surface area contributed by atoms with Crippen LogP contribution in [-0.4, -0.2) is 46.8 Å². The minimum Gasteiger partial charge on any atom is -0.377 e. The monoisotopic (exact) mass is 360 g/mol. The van der Waals surface area contributed by atoms with Gasteiger partial charge in [-0.05, 0) is 69.9 Å². The Morgan fingerprint density at radius 1 is 1.23 bits per heavy atom. The predicted molar refractivity (Wildman–Crippen MR) is 107 cm³/mol. The molecule has 1 saturated heterocycles. The SMILES string of the molecule is CC(C)CC1(C)N=C(N)N(CC2CCN(C=C3CCCCC3)CC2)C1=O. The van der Waals surface area contributed by atoms with Gasteiger partial charge in [-0.25, -0.2) is 4.99 Å². The van der Waals surface area contributed by atoms with E-state index in [1.807, 2.05) is 6.92 Å². The van der Waals surface area contributed by atoms with E-state index >= 15 is 0 Å². The van der Waals surface area contributed by atoms with E-state index in [1.165, 1.54) is 32.1 Å². The zero-order valence-electron chi connectivity index (χ0n) is 16.8. The quantitative estimate of drug-likeness (QED) is 0.816. The van der Waals surface area contributed by atoms with Crippen molar-refractivity contribution >= 4 is 11.9 Å². The number of amides is 1. The second-order valence-electron chi connectivity index (χ2n) is 9.08. The maximum Gasteiger partial charge on any atom is 0.257 e. The van der Waals surface area contributed by atoms with Gasteiger partial charge < -0.3 is 10.6 Å². The van der Waals surface area contributed by atoms with Crippen molar-refractivity contribution in [2.24, 2.45) is 22.6 Å². The highest BCUT2D eigenvalue weighted by Crippen LogP contribution is 2.30. The molecular formula is C21H36N4O. The number of nitrogens with zero attached hydrogens (tertiary/aromatic N) is 3. The van der Waals surface area contributed by atoms with Crippen molar-refractivity contribution in [3.63, 3.8) is 0 Å². The molecule has 1 saturated carbocycles. The summed E-state index contributed by atoms with van der Waals surface area (Å²) in [4.78, 5) is 21.7. The lowest BCUT2D eigenvalue weighted by molar-refractivity contribution is -0.131. The van der Waals surface area contributed by atoms with Crippen molar-refractivity contribution < 1.29 is 4.79 Å². The summed E-state index contributed by atoms with van der Waals surface area (Å²) >= 11 is 0. The lowest BCUT2D eigenvalue weighted by Gasteiger charge is -2.34. The molecule has 3 aliphatic rings. The highest BCUT2D eigenvalue weighted by atomic mass is 16.2. The first-order valence-corrected chi connectivity index (χ1v) is 10.5. The summed E-state index contributed by atoms with van der Waals surface area (Å²) in [5.41, 5.74) is 7.09. The number of aliphatic imine (C=N–C) groups is 1. The lowest BCUT2D eigenvalue weighted by atomic mass is 9.90. The molecule has 3 rings (SSSR count). The zero-order chi connectivity index (χ0) is 18.7. The third kappa shape index (κ3) is 4.41. The van der Waals surface area contributed by atoms with Gasteiger partial charge in [0.05, 0.1) is 0 Å². The van der Waals surface area contributed by atoms with E-state index in [2.05, 4.69) is 29.9 Å². The number of nitrogens with two attached hydrogens (primary N) is 1. The summed E-state index contributed by atoms with van der Waals surface area (Å²) in [7, 11) is 0. The Labute approximate surface area is 158 Å². The average Bonchev–Trinajstić information content (AvgIpc) is 2.80. The van der Waals surface area contributed by atoms with Crippen molar-refractivity contribution in [2.75, 3.05) is 19.6 Å². The standard InChI is InChI=1S/C21H36N4O/c1-16(2)13-21(3)19(26)25(20(22)23-21)15-18-9-11-24(12-10-18)14-17-7-5-4-6-8-17/h14,16,18H,4-13,15H2,1-3H3,(H2,22,23). The van der Waals surface area contributed by atoms with Gasteiger partial charge in [-0.1, -0.05) is 25.8 Å². The molecule has 0 bridgehead atoms. The normalized spacial score (nSPS) is 28.1. The van der Waals surface area contributed by atoms with Gasteiger partial charge >= 0.3 is 0 Å². The Kier molecular flexibility index (Phi) is 5.93. The summed E-state index contributed by atoms with van der Waals surface area (Å²) in [6.45, 7) is 9.10. The fraction of sp³-hybridized carbons (Fsp3) is 0.810. The van der Waals surface area contributed by atoms with Crippen LogP contribution < -0.4 is 5.73 Å². The fourth-order valence-corrected chi connectivity index (χ4v) is 4.78. The minimum atomic E-state index is -0.662. The van der Waals surface area contributed by atoms with Crippen LogP contribution in [0.15, 0.2) is 16.8 Å². The van der Waals surface area contributed by atoms with Crippen LogP contribution >= 0.6 is 0 Å². The molecular weight excluding hydrogens is 324 g/mol. The molecule has 2 aliphatic heterocycles. The van der Waals surface area contributed by atoms with Crippen LogP contribution in [0.4, 0.5) is 0 Å². The third-order valence-electron chi connectivity index (χ3n) is 6.10. The Hall–Kier alpha value is -1.52. The average molecular weight is 361 g/mol. The predicted octanol–water partition coefficient (Wildman–Crippen LogP) is 3.51. The van der Waals surface area contributed by atoms with Gasteiger partial charge in [0.25, 0.3) is 5.91 Å². The number of rotatable bonds is 5. The molecule has 2 N–H and O–H groups in total. The van der Waals surface area contributed by atoms with Gasteiger partial charge in [0.15, 0.2) is 5.96 Å². The van der Waals surface area contributed by atoms with E-state index in [9.17, 15) is 4.79 Å². The Balaban J connectivity index is 1.52.